The number of hydrogen-bond acceptors (Lipinski definition) is 3. The first-order chi connectivity index (χ1) is 9.70. The Morgan fingerprint density at radius 1 is 1.00 bits per heavy atom. The fraction of sp³-hybridized carbons (Fsp3) is 0.312. The number of sulfone groups is 1. The lowest BCUT2D eigenvalue weighted by atomic mass is 10.0. The van der Waals surface area contributed by atoms with E-state index in [-0.39, 0.29) is 10.8 Å². The lowest BCUT2D eigenvalue weighted by molar-refractivity contribution is -0.646. The van der Waals surface area contributed by atoms with Crippen molar-refractivity contribution in [2.45, 2.75) is 38.5 Å². The van der Waals surface area contributed by atoms with Crippen LogP contribution in [-0.2, 0) is 15.6 Å². The quantitative estimate of drug-likeness (QED) is 0.646. The molecule has 0 radical (unpaired) electrons. The average molecular weight is 305 g/mol. The predicted octanol–water partition coefficient (Wildman–Crippen LogP) is 2.53. The molecule has 0 aliphatic rings. The highest BCUT2D eigenvalue weighted by atomic mass is 32.2. The number of aryl methyl sites for hydroxylation is 4. The molecule has 0 N–H and O–H groups in total. The molecular formula is C16H19NO3S. The van der Waals surface area contributed by atoms with Crippen LogP contribution >= 0.6 is 0 Å². The van der Waals surface area contributed by atoms with Crippen LogP contribution < -0.4 is 4.73 Å². The lowest BCUT2D eigenvalue weighted by Gasteiger charge is -2.12. The number of nitrogens with zero attached hydrogens (tertiary/aromatic N) is 1. The highest BCUT2D eigenvalue weighted by molar-refractivity contribution is 7.90. The number of aromatic nitrogens is 1. The van der Waals surface area contributed by atoms with Crippen LogP contribution in [0, 0.1) is 32.9 Å². The molecule has 4 nitrogen and oxygen atoms in total. The van der Waals surface area contributed by atoms with Gasteiger partial charge in [0.05, 0.1) is 5.75 Å². The van der Waals surface area contributed by atoms with E-state index in [1.807, 2.05) is 32.9 Å². The van der Waals surface area contributed by atoms with Gasteiger partial charge < -0.3 is 5.21 Å². The van der Waals surface area contributed by atoms with Crippen molar-refractivity contribution in [1.82, 2.24) is 0 Å². The molecule has 0 saturated carbocycles. The van der Waals surface area contributed by atoms with Crippen molar-refractivity contribution in [3.8, 4) is 0 Å². The molecule has 112 valence electrons. The average Bonchev–Trinajstić information content (AvgIpc) is 2.36. The van der Waals surface area contributed by atoms with E-state index in [4.69, 9.17) is 0 Å². The maximum Gasteiger partial charge on any atom is 0.309 e. The molecule has 1 aromatic carbocycles. The van der Waals surface area contributed by atoms with Crippen molar-refractivity contribution in [2.24, 2.45) is 0 Å². The van der Waals surface area contributed by atoms with Gasteiger partial charge in [-0.25, -0.2) is 8.42 Å². The monoisotopic (exact) mass is 305 g/mol. The molecule has 0 fully saturated rings. The molecule has 0 unspecified atom stereocenters. The maximum absolute atomic E-state index is 12.5. The molecule has 0 amide bonds. The number of rotatable bonds is 3. The van der Waals surface area contributed by atoms with Gasteiger partial charge in [-0.05, 0) is 49.9 Å². The van der Waals surface area contributed by atoms with Gasteiger partial charge in [-0.2, -0.15) is 4.73 Å². The molecule has 21 heavy (non-hydrogen) atoms. The van der Waals surface area contributed by atoms with Crippen LogP contribution in [0.3, 0.4) is 0 Å². The van der Waals surface area contributed by atoms with Gasteiger partial charge in [-0.15, -0.1) is 0 Å². The summed E-state index contributed by atoms with van der Waals surface area (Å²) < 4.78 is 25.5. The van der Waals surface area contributed by atoms with Crippen LogP contribution in [0.1, 0.15) is 27.8 Å². The third kappa shape index (κ3) is 3.24. The Morgan fingerprint density at radius 2 is 1.57 bits per heavy atom. The first-order valence-electron chi connectivity index (χ1n) is 6.70. The second-order valence-corrected chi connectivity index (χ2v) is 7.44. The van der Waals surface area contributed by atoms with Crippen molar-refractivity contribution in [3.63, 3.8) is 0 Å². The van der Waals surface area contributed by atoms with Crippen LogP contribution in [0.4, 0.5) is 0 Å². The van der Waals surface area contributed by atoms with Gasteiger partial charge in [0.1, 0.15) is 0 Å². The third-order valence-corrected chi connectivity index (χ3v) is 5.14. The molecule has 0 saturated heterocycles. The van der Waals surface area contributed by atoms with Crippen LogP contribution in [0.2, 0.25) is 0 Å². The van der Waals surface area contributed by atoms with E-state index in [0.29, 0.717) is 4.73 Å². The van der Waals surface area contributed by atoms with E-state index in [2.05, 4.69) is 0 Å². The van der Waals surface area contributed by atoms with Gasteiger partial charge >= 0.3 is 5.03 Å². The summed E-state index contributed by atoms with van der Waals surface area (Å²) in [5.41, 5.74) is 4.48. The fourth-order valence-electron chi connectivity index (χ4n) is 2.49. The second-order valence-electron chi connectivity index (χ2n) is 5.50. The first-order valence-corrected chi connectivity index (χ1v) is 8.35. The summed E-state index contributed by atoms with van der Waals surface area (Å²) in [6, 6.07) is 6.92. The summed E-state index contributed by atoms with van der Waals surface area (Å²) in [6.45, 7) is 7.53. The van der Waals surface area contributed by atoms with Gasteiger partial charge in [-0.3, -0.25) is 0 Å². The molecule has 2 rings (SSSR count). The Morgan fingerprint density at radius 3 is 2.14 bits per heavy atom. The van der Waals surface area contributed by atoms with Gasteiger partial charge in [0.25, 0.3) is 0 Å². The molecule has 2 aromatic rings. The van der Waals surface area contributed by atoms with Crippen molar-refractivity contribution in [2.75, 3.05) is 0 Å². The zero-order valence-electron chi connectivity index (χ0n) is 12.7. The minimum absolute atomic E-state index is 0.156. The van der Waals surface area contributed by atoms with Crippen LogP contribution in [-0.4, -0.2) is 8.42 Å². The highest BCUT2D eigenvalue weighted by Gasteiger charge is 2.26. The summed E-state index contributed by atoms with van der Waals surface area (Å²) in [7, 11) is -3.67. The smallest absolute Gasteiger partial charge is 0.309 e. The standard InChI is InChI=1S/C16H19NO3S/c1-11-5-6-17(18)16(9-11)21(19,20)10-15-13(3)7-12(2)8-14(15)4/h5-9H,10H2,1-4H3. The summed E-state index contributed by atoms with van der Waals surface area (Å²) in [4.78, 5) is 0. The number of pyridine rings is 1. The fourth-order valence-corrected chi connectivity index (χ4v) is 4.18. The van der Waals surface area contributed by atoms with Crippen molar-refractivity contribution in [3.05, 3.63) is 63.5 Å². The molecule has 0 bridgehead atoms. The molecule has 5 heteroatoms. The maximum atomic E-state index is 12.5. The number of hydrogen-bond donors (Lipinski definition) is 0. The summed E-state index contributed by atoms with van der Waals surface area (Å²) >= 11 is 0. The zero-order valence-corrected chi connectivity index (χ0v) is 13.5. The number of benzene rings is 1. The van der Waals surface area contributed by atoms with E-state index in [1.54, 1.807) is 13.0 Å². The van der Waals surface area contributed by atoms with Gasteiger partial charge in [0, 0.05) is 12.1 Å². The molecule has 1 aromatic heterocycles. The van der Waals surface area contributed by atoms with Crippen LogP contribution in [0.25, 0.3) is 0 Å². The Hall–Kier alpha value is -1.88. The SMILES string of the molecule is Cc1cc(C)c(CS(=O)(=O)c2cc(C)cc[n+]2[O-])c(C)c1. The third-order valence-electron chi connectivity index (χ3n) is 3.53. The summed E-state index contributed by atoms with van der Waals surface area (Å²) in [5.74, 6) is -0.156. The van der Waals surface area contributed by atoms with Gasteiger partial charge in [0.2, 0.25) is 9.84 Å². The van der Waals surface area contributed by atoms with Crippen molar-refractivity contribution in [1.29, 1.82) is 0 Å². The highest BCUT2D eigenvalue weighted by Crippen LogP contribution is 2.22. The van der Waals surface area contributed by atoms with Gasteiger partial charge in [-0.1, -0.05) is 17.7 Å². The predicted molar refractivity (Wildman–Crippen MR) is 81.7 cm³/mol. The normalized spacial score (nSPS) is 11.6. The Bertz CT molecular complexity index is 772. The molecule has 0 atom stereocenters. The minimum atomic E-state index is -3.67. The Balaban J connectivity index is 2.50. The van der Waals surface area contributed by atoms with Crippen LogP contribution in [0.5, 0.6) is 0 Å². The van der Waals surface area contributed by atoms with Crippen molar-refractivity contribution >= 4 is 9.84 Å². The van der Waals surface area contributed by atoms with E-state index < -0.39 is 9.84 Å². The topological polar surface area (TPSA) is 61.1 Å². The zero-order chi connectivity index (χ0) is 15.8. The Kier molecular flexibility index (Phi) is 4.05. The molecule has 1 heterocycles. The summed E-state index contributed by atoms with van der Waals surface area (Å²) in [5, 5.41) is 11.6. The lowest BCUT2D eigenvalue weighted by Crippen LogP contribution is -2.34. The molecule has 0 aliphatic heterocycles. The van der Waals surface area contributed by atoms with Crippen LogP contribution in [0.15, 0.2) is 35.5 Å². The Labute approximate surface area is 125 Å². The molecule has 0 aliphatic carbocycles. The largest absolute Gasteiger partial charge is 0.618 e. The van der Waals surface area contributed by atoms with E-state index in [1.165, 1.54) is 12.3 Å². The molecular weight excluding hydrogens is 286 g/mol. The first kappa shape index (κ1) is 15.5. The van der Waals surface area contributed by atoms with E-state index >= 15 is 0 Å². The second kappa shape index (κ2) is 5.48. The minimum Gasteiger partial charge on any atom is -0.618 e. The summed E-state index contributed by atoms with van der Waals surface area (Å²) in [6.07, 6.45) is 1.23. The molecule has 0 spiro atoms. The van der Waals surface area contributed by atoms with Crippen molar-refractivity contribution < 1.29 is 13.1 Å². The van der Waals surface area contributed by atoms with E-state index in [9.17, 15) is 13.6 Å². The van der Waals surface area contributed by atoms with E-state index in [0.717, 1.165) is 27.8 Å². The van der Waals surface area contributed by atoms with Gasteiger partial charge in [0.15, 0.2) is 6.20 Å².